The van der Waals surface area contributed by atoms with Gasteiger partial charge in [0.25, 0.3) is 0 Å². The number of hydrogen-bond donors (Lipinski definition) is 2. The van der Waals surface area contributed by atoms with Crippen molar-refractivity contribution >= 4 is 0 Å². The van der Waals surface area contributed by atoms with Crippen LogP contribution in [0.5, 0.6) is 0 Å². The number of rotatable bonds is 3. The molecule has 1 aliphatic heterocycles. The van der Waals surface area contributed by atoms with Crippen molar-refractivity contribution in [3.05, 3.63) is 0 Å². The molecule has 90 valence electrons. The van der Waals surface area contributed by atoms with E-state index in [0.29, 0.717) is 12.1 Å². The number of nitrogens with zero attached hydrogens (tertiary/aromatic N) is 2. The normalized spacial score (nSPS) is 34.0. The van der Waals surface area contributed by atoms with Crippen LogP contribution in [0.1, 0.15) is 20.8 Å². The number of hydrogen-bond acceptors (Lipinski definition) is 4. The highest BCUT2D eigenvalue weighted by atomic mass is 16.3. The van der Waals surface area contributed by atoms with Crippen molar-refractivity contribution < 1.29 is 5.11 Å². The Kier molecular flexibility index (Phi) is 4.52. The third-order valence-corrected chi connectivity index (χ3v) is 3.65. The Morgan fingerprint density at radius 1 is 1.33 bits per heavy atom. The van der Waals surface area contributed by atoms with Crippen LogP contribution in [0.4, 0.5) is 0 Å². The molecule has 4 heteroatoms. The molecule has 0 aromatic heterocycles. The van der Waals surface area contributed by atoms with E-state index in [9.17, 15) is 5.11 Å². The lowest BCUT2D eigenvalue weighted by Crippen LogP contribution is -2.61. The Morgan fingerprint density at radius 2 is 1.80 bits per heavy atom. The maximum atomic E-state index is 9.35. The molecule has 4 unspecified atom stereocenters. The van der Waals surface area contributed by atoms with Crippen LogP contribution in [0.25, 0.3) is 0 Å². The van der Waals surface area contributed by atoms with Gasteiger partial charge in [-0.05, 0) is 27.8 Å². The first-order valence-electron chi connectivity index (χ1n) is 5.79. The number of aliphatic hydroxyl groups is 1. The molecule has 4 nitrogen and oxygen atoms in total. The Morgan fingerprint density at radius 3 is 2.13 bits per heavy atom. The zero-order chi connectivity index (χ0) is 11.6. The predicted molar refractivity (Wildman–Crippen MR) is 62.8 cm³/mol. The van der Waals surface area contributed by atoms with Crippen LogP contribution < -0.4 is 5.73 Å². The molecular weight excluding hydrogens is 190 g/mol. The van der Waals surface area contributed by atoms with Crippen molar-refractivity contribution in [1.82, 2.24) is 9.80 Å². The zero-order valence-electron chi connectivity index (χ0n) is 10.3. The van der Waals surface area contributed by atoms with E-state index < -0.39 is 0 Å². The van der Waals surface area contributed by atoms with Crippen molar-refractivity contribution in [1.29, 1.82) is 0 Å². The molecule has 0 aromatic rings. The maximum absolute atomic E-state index is 9.35. The number of nitrogens with two attached hydrogens (primary N) is 1. The summed E-state index contributed by atoms with van der Waals surface area (Å²) in [7, 11) is 2.16. The predicted octanol–water partition coefficient (Wildman–Crippen LogP) is -0.281. The molecule has 1 aliphatic rings. The molecule has 1 rings (SSSR count). The zero-order valence-corrected chi connectivity index (χ0v) is 10.3. The van der Waals surface area contributed by atoms with E-state index in [0.717, 1.165) is 13.1 Å². The molecule has 0 bridgehead atoms. The molecular formula is C11H25N3O. The van der Waals surface area contributed by atoms with Gasteiger partial charge in [-0.2, -0.15) is 0 Å². The van der Waals surface area contributed by atoms with E-state index in [-0.39, 0.29) is 18.7 Å². The molecule has 4 atom stereocenters. The number of piperazine rings is 1. The summed E-state index contributed by atoms with van der Waals surface area (Å²) in [5.74, 6) is 0. The van der Waals surface area contributed by atoms with Gasteiger partial charge in [0.05, 0.1) is 6.61 Å². The highest BCUT2D eigenvalue weighted by Gasteiger charge is 2.31. The summed E-state index contributed by atoms with van der Waals surface area (Å²) in [6.45, 7) is 8.55. The summed E-state index contributed by atoms with van der Waals surface area (Å²) in [5.41, 5.74) is 5.89. The van der Waals surface area contributed by atoms with Crippen LogP contribution in [0, 0.1) is 0 Å². The molecule has 15 heavy (non-hydrogen) atoms. The van der Waals surface area contributed by atoms with Gasteiger partial charge in [0.2, 0.25) is 0 Å². The Hall–Kier alpha value is -0.160. The molecule has 0 aliphatic carbocycles. The van der Waals surface area contributed by atoms with Crippen molar-refractivity contribution in [3.63, 3.8) is 0 Å². The van der Waals surface area contributed by atoms with Gasteiger partial charge in [-0.25, -0.2) is 0 Å². The van der Waals surface area contributed by atoms with Gasteiger partial charge in [-0.3, -0.25) is 9.80 Å². The second kappa shape index (κ2) is 5.25. The van der Waals surface area contributed by atoms with Crippen LogP contribution in [0.2, 0.25) is 0 Å². The van der Waals surface area contributed by atoms with Gasteiger partial charge in [-0.15, -0.1) is 0 Å². The summed E-state index contributed by atoms with van der Waals surface area (Å²) in [6.07, 6.45) is 0. The van der Waals surface area contributed by atoms with Gasteiger partial charge < -0.3 is 10.8 Å². The lowest BCUT2D eigenvalue weighted by Gasteiger charge is -2.46. The van der Waals surface area contributed by atoms with Crippen LogP contribution in [-0.4, -0.2) is 65.8 Å². The standard InChI is InChI=1S/C11H25N3O/c1-8-5-14(6-9(2)13(8)4)11(7-15)10(3)12/h8-11,15H,5-7,12H2,1-4H3. The van der Waals surface area contributed by atoms with Gasteiger partial charge in [0.15, 0.2) is 0 Å². The molecule has 0 amide bonds. The van der Waals surface area contributed by atoms with Crippen LogP contribution >= 0.6 is 0 Å². The first kappa shape index (κ1) is 12.9. The summed E-state index contributed by atoms with van der Waals surface area (Å²) < 4.78 is 0. The second-order valence-electron chi connectivity index (χ2n) is 4.93. The van der Waals surface area contributed by atoms with Crippen LogP contribution in [0.3, 0.4) is 0 Å². The van der Waals surface area contributed by atoms with Crippen molar-refractivity contribution in [2.75, 3.05) is 26.7 Å². The third kappa shape index (κ3) is 2.91. The summed E-state index contributed by atoms with van der Waals surface area (Å²) in [6, 6.07) is 1.18. The summed E-state index contributed by atoms with van der Waals surface area (Å²) in [5, 5.41) is 9.35. The summed E-state index contributed by atoms with van der Waals surface area (Å²) >= 11 is 0. The minimum absolute atomic E-state index is 0.0257. The fourth-order valence-electron chi connectivity index (χ4n) is 2.33. The van der Waals surface area contributed by atoms with Crippen LogP contribution in [0.15, 0.2) is 0 Å². The molecule has 1 fully saturated rings. The molecule has 0 radical (unpaired) electrons. The molecule has 1 saturated heterocycles. The lowest BCUT2D eigenvalue weighted by molar-refractivity contribution is 0.0101. The van der Waals surface area contributed by atoms with E-state index in [1.165, 1.54) is 0 Å². The van der Waals surface area contributed by atoms with E-state index in [1.807, 2.05) is 6.92 Å². The molecule has 0 spiro atoms. The van der Waals surface area contributed by atoms with Gasteiger partial charge in [-0.1, -0.05) is 0 Å². The number of aliphatic hydroxyl groups excluding tert-OH is 1. The topological polar surface area (TPSA) is 52.7 Å². The minimum Gasteiger partial charge on any atom is -0.395 e. The molecule has 3 N–H and O–H groups in total. The molecule has 1 heterocycles. The smallest absolute Gasteiger partial charge is 0.0601 e. The second-order valence-corrected chi connectivity index (χ2v) is 4.93. The van der Waals surface area contributed by atoms with Crippen molar-refractivity contribution in [3.8, 4) is 0 Å². The van der Waals surface area contributed by atoms with E-state index in [2.05, 4.69) is 30.7 Å². The monoisotopic (exact) mass is 215 g/mol. The minimum atomic E-state index is 0.0257. The lowest BCUT2D eigenvalue weighted by atomic mass is 10.0. The van der Waals surface area contributed by atoms with Gasteiger partial charge >= 0.3 is 0 Å². The largest absolute Gasteiger partial charge is 0.395 e. The van der Waals surface area contributed by atoms with E-state index in [4.69, 9.17) is 5.73 Å². The van der Waals surface area contributed by atoms with Gasteiger partial charge in [0, 0.05) is 37.3 Å². The first-order chi connectivity index (χ1) is 6.97. The quantitative estimate of drug-likeness (QED) is 0.680. The maximum Gasteiger partial charge on any atom is 0.0601 e. The van der Waals surface area contributed by atoms with Crippen molar-refractivity contribution in [2.24, 2.45) is 5.73 Å². The van der Waals surface area contributed by atoms with E-state index in [1.54, 1.807) is 0 Å². The van der Waals surface area contributed by atoms with Crippen molar-refractivity contribution in [2.45, 2.75) is 44.9 Å². The fourth-order valence-corrected chi connectivity index (χ4v) is 2.33. The molecule has 0 saturated carbocycles. The highest BCUT2D eigenvalue weighted by Crippen LogP contribution is 2.16. The Bertz CT molecular complexity index is 186. The Labute approximate surface area is 93.0 Å². The molecule has 0 aromatic carbocycles. The first-order valence-corrected chi connectivity index (χ1v) is 5.79. The Balaban J connectivity index is 2.63. The SMILES string of the molecule is CC(N)C(CO)N1CC(C)N(C)C(C)C1. The fraction of sp³-hybridized carbons (Fsp3) is 1.00. The highest BCUT2D eigenvalue weighted by molar-refractivity contribution is 4.88. The average molecular weight is 215 g/mol. The van der Waals surface area contributed by atoms with E-state index >= 15 is 0 Å². The number of likely N-dealkylation sites (N-methyl/N-ethyl adjacent to an activating group) is 1. The summed E-state index contributed by atoms with van der Waals surface area (Å²) in [4.78, 5) is 4.70. The van der Waals surface area contributed by atoms with Crippen LogP contribution in [-0.2, 0) is 0 Å². The van der Waals surface area contributed by atoms with Gasteiger partial charge in [0.1, 0.15) is 0 Å². The third-order valence-electron chi connectivity index (χ3n) is 3.65. The average Bonchev–Trinajstić information content (AvgIpc) is 2.14.